The van der Waals surface area contributed by atoms with E-state index in [1.54, 1.807) is 0 Å². The highest BCUT2D eigenvalue weighted by atomic mass is 15.2. The summed E-state index contributed by atoms with van der Waals surface area (Å²) in [5, 5.41) is 14.1. The molecule has 34 heavy (non-hydrogen) atoms. The van der Waals surface area contributed by atoms with Crippen LogP contribution < -0.4 is 11.1 Å². The largest absolute Gasteiger partial charge is 0.398 e. The van der Waals surface area contributed by atoms with Gasteiger partial charge in [0.1, 0.15) is 11.9 Å². The van der Waals surface area contributed by atoms with E-state index in [1.807, 2.05) is 6.07 Å². The Hall–Kier alpha value is -3.65. The highest BCUT2D eigenvalue weighted by Gasteiger charge is 2.24. The number of nitrogens with one attached hydrogen (secondary N) is 1. The molecule has 0 amide bonds. The van der Waals surface area contributed by atoms with E-state index in [0.29, 0.717) is 35.8 Å². The van der Waals surface area contributed by atoms with Gasteiger partial charge in [-0.1, -0.05) is 36.3 Å². The normalized spacial score (nSPS) is 17.1. The number of nitrogen functional groups attached to an aromatic ring is 1. The van der Waals surface area contributed by atoms with E-state index in [-0.39, 0.29) is 6.04 Å². The lowest BCUT2D eigenvalue weighted by Crippen LogP contribution is -2.39. The van der Waals surface area contributed by atoms with Gasteiger partial charge in [-0.15, -0.1) is 6.42 Å². The summed E-state index contributed by atoms with van der Waals surface area (Å²) in [6.45, 7) is 5.11. The van der Waals surface area contributed by atoms with Gasteiger partial charge in [0, 0.05) is 61.8 Å². The quantitative estimate of drug-likeness (QED) is 0.576. The van der Waals surface area contributed by atoms with Crippen LogP contribution in [0.5, 0.6) is 0 Å². The topological polar surface area (TPSA) is 94.1 Å². The average molecular weight is 452 g/mol. The first kappa shape index (κ1) is 22.2. The molecule has 1 fully saturated rings. The Morgan fingerprint density at radius 2 is 1.91 bits per heavy atom. The number of benzene rings is 1. The Kier molecular flexibility index (Phi) is 6.31. The summed E-state index contributed by atoms with van der Waals surface area (Å²) in [5.41, 5.74) is 11.6. The van der Waals surface area contributed by atoms with Crippen LogP contribution in [0.3, 0.4) is 0 Å². The van der Waals surface area contributed by atoms with Gasteiger partial charge in [0.05, 0.1) is 17.8 Å². The van der Waals surface area contributed by atoms with E-state index >= 15 is 0 Å². The number of piperidine rings is 1. The third kappa shape index (κ3) is 4.54. The minimum absolute atomic E-state index is 0.274. The second kappa shape index (κ2) is 9.69. The molecule has 7 heteroatoms. The smallest absolute Gasteiger partial charge is 0.163 e. The van der Waals surface area contributed by atoms with Crippen LogP contribution in [-0.2, 0) is 19.5 Å². The van der Waals surface area contributed by atoms with Gasteiger partial charge in [-0.25, -0.2) is 9.97 Å². The molecule has 0 unspecified atom stereocenters. The number of aromatic nitrogens is 2. The molecule has 0 bridgehead atoms. The number of hydrogen-bond acceptors (Lipinski definition) is 7. The number of nitriles is 1. The molecule has 1 aromatic carbocycles. The third-order valence-electron chi connectivity index (χ3n) is 6.87. The van der Waals surface area contributed by atoms with Crippen LogP contribution in [0.25, 0.3) is 11.0 Å². The van der Waals surface area contributed by atoms with Crippen molar-refractivity contribution in [2.75, 3.05) is 37.2 Å². The number of likely N-dealkylation sites (tertiary alicyclic amines) is 1. The molecular weight excluding hydrogens is 422 g/mol. The molecule has 2 aromatic heterocycles. The Balaban J connectivity index is 1.33. The molecule has 0 atom stereocenters. The molecule has 2 aliphatic rings. The summed E-state index contributed by atoms with van der Waals surface area (Å²) in [6, 6.07) is 15.0. The maximum absolute atomic E-state index is 9.83. The van der Waals surface area contributed by atoms with Gasteiger partial charge < -0.3 is 11.1 Å². The number of anilines is 2. The Bertz CT molecular complexity index is 1260. The van der Waals surface area contributed by atoms with Crippen LogP contribution >= 0.6 is 0 Å². The zero-order valence-electron chi connectivity index (χ0n) is 19.3. The van der Waals surface area contributed by atoms with E-state index in [9.17, 15) is 5.26 Å². The summed E-state index contributed by atoms with van der Waals surface area (Å²) in [5.74, 6) is 3.31. The van der Waals surface area contributed by atoms with E-state index in [0.717, 1.165) is 62.1 Å². The number of nitrogens with zero attached hydrogens (tertiary/aromatic N) is 5. The van der Waals surface area contributed by atoms with Crippen LogP contribution in [0.2, 0.25) is 0 Å². The minimum atomic E-state index is 0.274. The summed E-state index contributed by atoms with van der Waals surface area (Å²) >= 11 is 0. The third-order valence-corrected chi connectivity index (χ3v) is 6.87. The molecule has 0 aliphatic carbocycles. The fourth-order valence-electron chi connectivity index (χ4n) is 4.98. The minimum Gasteiger partial charge on any atom is -0.398 e. The first-order chi connectivity index (χ1) is 16.6. The fraction of sp³-hybridized carbons (Fsp3) is 0.370. The van der Waals surface area contributed by atoms with Crippen molar-refractivity contribution in [2.45, 2.75) is 38.4 Å². The molecule has 0 saturated carbocycles. The van der Waals surface area contributed by atoms with Crippen LogP contribution in [0.15, 0.2) is 36.4 Å². The van der Waals surface area contributed by atoms with Crippen molar-refractivity contribution in [3.05, 3.63) is 58.8 Å². The lowest BCUT2D eigenvalue weighted by Gasteiger charge is -2.33. The lowest BCUT2D eigenvalue weighted by atomic mass is 10.0. The van der Waals surface area contributed by atoms with Crippen molar-refractivity contribution in [3.63, 3.8) is 0 Å². The van der Waals surface area contributed by atoms with E-state index in [4.69, 9.17) is 22.1 Å². The van der Waals surface area contributed by atoms with Gasteiger partial charge in [-0.3, -0.25) is 9.80 Å². The molecule has 1 saturated heterocycles. The van der Waals surface area contributed by atoms with Gasteiger partial charge in [0.25, 0.3) is 0 Å². The number of terminal acetylenes is 1. The van der Waals surface area contributed by atoms with Gasteiger partial charge >= 0.3 is 0 Å². The molecule has 0 spiro atoms. The Morgan fingerprint density at radius 3 is 2.65 bits per heavy atom. The van der Waals surface area contributed by atoms with E-state index in [1.165, 1.54) is 5.56 Å². The van der Waals surface area contributed by atoms with Crippen molar-refractivity contribution < 1.29 is 0 Å². The van der Waals surface area contributed by atoms with E-state index < -0.39 is 0 Å². The molecule has 7 nitrogen and oxygen atoms in total. The first-order valence-electron chi connectivity index (χ1n) is 11.9. The van der Waals surface area contributed by atoms with Gasteiger partial charge in [-0.2, -0.15) is 5.26 Å². The standard InChI is InChI=1S/C27H29N7/c1-2-11-33-14-10-24-23(18-33)25(29)22-15-20(16-28)26(32-27(22)31-24)30-21-8-12-34(13-9-21)17-19-6-4-3-5-7-19/h1,3-7,15,21H,8-14,17-18H2,(H3,29,30,31,32). The summed E-state index contributed by atoms with van der Waals surface area (Å²) in [7, 11) is 0. The molecule has 4 heterocycles. The summed E-state index contributed by atoms with van der Waals surface area (Å²) < 4.78 is 0. The van der Waals surface area contributed by atoms with Crippen molar-refractivity contribution in [3.8, 4) is 18.4 Å². The number of hydrogen-bond donors (Lipinski definition) is 2. The van der Waals surface area contributed by atoms with Gasteiger partial charge in [0.15, 0.2) is 5.65 Å². The van der Waals surface area contributed by atoms with Crippen LogP contribution in [0.1, 0.15) is 35.2 Å². The van der Waals surface area contributed by atoms with Crippen LogP contribution in [-0.4, -0.2) is 52.0 Å². The van der Waals surface area contributed by atoms with Crippen molar-refractivity contribution in [2.24, 2.45) is 0 Å². The molecule has 2 aliphatic heterocycles. The SMILES string of the molecule is C#CCN1CCc2nc3nc(NC4CCN(Cc5ccccc5)CC4)c(C#N)cc3c(N)c2C1. The maximum atomic E-state index is 9.83. The summed E-state index contributed by atoms with van der Waals surface area (Å²) in [6.07, 6.45) is 8.28. The molecule has 3 N–H and O–H groups in total. The zero-order valence-corrected chi connectivity index (χ0v) is 19.3. The predicted octanol–water partition coefficient (Wildman–Crippen LogP) is 3.15. The molecule has 0 radical (unpaired) electrons. The predicted molar refractivity (Wildman–Crippen MR) is 135 cm³/mol. The molecular formula is C27H29N7. The van der Waals surface area contributed by atoms with E-state index in [2.05, 4.69) is 57.4 Å². The second-order valence-electron chi connectivity index (χ2n) is 9.16. The Labute approximate surface area is 200 Å². The molecule has 3 aromatic rings. The highest BCUT2D eigenvalue weighted by Crippen LogP contribution is 2.32. The zero-order chi connectivity index (χ0) is 23.5. The lowest BCUT2D eigenvalue weighted by molar-refractivity contribution is 0.211. The number of nitrogens with two attached hydrogens (primary N) is 1. The van der Waals surface area contributed by atoms with Crippen molar-refractivity contribution >= 4 is 22.5 Å². The van der Waals surface area contributed by atoms with Crippen molar-refractivity contribution in [1.29, 1.82) is 5.26 Å². The monoisotopic (exact) mass is 451 g/mol. The highest BCUT2D eigenvalue weighted by molar-refractivity contribution is 5.92. The van der Waals surface area contributed by atoms with Gasteiger partial charge in [-0.05, 0) is 24.5 Å². The van der Waals surface area contributed by atoms with Crippen LogP contribution in [0, 0.1) is 23.7 Å². The summed E-state index contributed by atoms with van der Waals surface area (Å²) in [4.78, 5) is 14.3. The van der Waals surface area contributed by atoms with Gasteiger partial charge in [0.2, 0.25) is 0 Å². The average Bonchev–Trinajstić information content (AvgIpc) is 2.86. The number of rotatable bonds is 5. The second-order valence-corrected chi connectivity index (χ2v) is 9.16. The fourth-order valence-corrected chi connectivity index (χ4v) is 4.98. The number of fused-ring (bicyclic) bond motifs is 2. The molecule has 5 rings (SSSR count). The maximum Gasteiger partial charge on any atom is 0.163 e. The van der Waals surface area contributed by atoms with Crippen LogP contribution in [0.4, 0.5) is 11.5 Å². The molecule has 172 valence electrons. The number of pyridine rings is 2. The first-order valence-corrected chi connectivity index (χ1v) is 11.9. The van der Waals surface area contributed by atoms with Crippen molar-refractivity contribution in [1.82, 2.24) is 19.8 Å². The Morgan fingerprint density at radius 1 is 1.12 bits per heavy atom.